The molecule has 0 bridgehead atoms. The zero-order valence-corrected chi connectivity index (χ0v) is 24.7. The van der Waals surface area contributed by atoms with Crippen molar-refractivity contribution >= 4 is 5.69 Å². The molecular formula is C24H31N13O11. The van der Waals surface area contributed by atoms with Crippen LogP contribution in [-0.2, 0) is 25.6 Å². The van der Waals surface area contributed by atoms with E-state index in [0.717, 1.165) is 0 Å². The summed E-state index contributed by atoms with van der Waals surface area (Å²) in [5.41, 5.74) is 36.3. The fourth-order valence-corrected chi connectivity index (χ4v) is 6.03. The van der Waals surface area contributed by atoms with Gasteiger partial charge >= 0.3 is 0 Å². The van der Waals surface area contributed by atoms with Gasteiger partial charge in [0.2, 0.25) is 0 Å². The molecular weight excluding hydrogens is 646 g/mol. The molecule has 48 heavy (non-hydrogen) atoms. The Bertz CT molecular complexity index is 1500. The highest BCUT2D eigenvalue weighted by Gasteiger charge is 2.53. The summed E-state index contributed by atoms with van der Waals surface area (Å²) < 4.78 is 23.4. The number of aliphatic hydroxyl groups excluding tert-OH is 5. The van der Waals surface area contributed by atoms with E-state index in [1.807, 2.05) is 0 Å². The van der Waals surface area contributed by atoms with Crippen molar-refractivity contribution in [1.82, 2.24) is 0 Å². The van der Waals surface area contributed by atoms with Gasteiger partial charge in [-0.1, -0.05) is 32.6 Å². The van der Waals surface area contributed by atoms with Crippen molar-refractivity contribution in [3.63, 3.8) is 0 Å². The maximum absolute atomic E-state index is 11.4. The molecule has 0 amide bonds. The standard InChI is InChI=1S/C24H31N13O11/c25-33-29-12-6-13(30-34-26)21(45-8-9-2-1-3-11(4-9)37(43)44)22(16(12)39)46-14-5-10(7-38)20(17(14)40)47-24-15(31-35-27)18(41)19(42)23(48-24)32-36-28/h1-4,10,12-24,38-42H,5-8H2/t10-,12-,13+,14?,15-,16+,17+,18-,19+,20-,21-,22-,23-,24?/m1/s1. The van der Waals surface area contributed by atoms with Crippen LogP contribution >= 0.6 is 0 Å². The number of rotatable bonds is 13. The van der Waals surface area contributed by atoms with Gasteiger partial charge in [-0.3, -0.25) is 10.1 Å². The molecule has 2 unspecified atom stereocenters. The Hall–Kier alpha value is -4.50. The second-order valence-electron chi connectivity index (χ2n) is 11.2. The Balaban J connectivity index is 1.60. The van der Waals surface area contributed by atoms with Crippen LogP contribution < -0.4 is 0 Å². The summed E-state index contributed by atoms with van der Waals surface area (Å²) in [4.78, 5) is 21.4. The third kappa shape index (κ3) is 7.96. The van der Waals surface area contributed by atoms with Crippen LogP contribution in [0.4, 0.5) is 5.69 Å². The maximum Gasteiger partial charge on any atom is 0.269 e. The number of aliphatic hydroxyl groups is 5. The first-order chi connectivity index (χ1) is 23.1. The lowest BCUT2D eigenvalue weighted by molar-refractivity contribution is -0.385. The number of nitro benzene ring substituents is 1. The van der Waals surface area contributed by atoms with Crippen LogP contribution in [0, 0.1) is 16.0 Å². The fraction of sp³-hybridized carbons (Fsp3) is 0.750. The molecule has 1 saturated heterocycles. The normalized spacial score (nSPS) is 37.6. The molecule has 1 aromatic rings. The van der Waals surface area contributed by atoms with Gasteiger partial charge in [0.1, 0.15) is 24.4 Å². The van der Waals surface area contributed by atoms with Crippen LogP contribution in [0.2, 0.25) is 0 Å². The number of azide groups is 4. The number of hydrogen-bond donors (Lipinski definition) is 5. The lowest BCUT2D eigenvalue weighted by atomic mass is 9.84. The summed E-state index contributed by atoms with van der Waals surface area (Å²) >= 11 is 0. The quantitative estimate of drug-likeness (QED) is 0.0654. The number of nitrogens with zero attached hydrogens (tertiary/aromatic N) is 13. The first-order valence-electron chi connectivity index (χ1n) is 14.4. The number of hydrogen-bond acceptors (Lipinski definition) is 15. The zero-order valence-electron chi connectivity index (χ0n) is 24.7. The summed E-state index contributed by atoms with van der Waals surface area (Å²) in [5.74, 6) is -0.895. The topological polar surface area (TPSA) is 376 Å². The minimum Gasteiger partial charge on any atom is -0.396 e. The lowest BCUT2D eigenvalue weighted by Gasteiger charge is -2.43. The molecule has 0 spiro atoms. The highest BCUT2D eigenvalue weighted by atomic mass is 16.7. The number of benzene rings is 1. The molecule has 1 heterocycles. The smallest absolute Gasteiger partial charge is 0.269 e. The molecule has 2 saturated carbocycles. The van der Waals surface area contributed by atoms with Gasteiger partial charge < -0.3 is 44.5 Å². The molecule has 24 heteroatoms. The Kier molecular flexibility index (Phi) is 12.5. The first-order valence-corrected chi connectivity index (χ1v) is 14.4. The number of ether oxygens (including phenoxy) is 4. The second-order valence-corrected chi connectivity index (χ2v) is 11.2. The fourth-order valence-electron chi connectivity index (χ4n) is 6.03. The van der Waals surface area contributed by atoms with Gasteiger partial charge in [-0.05, 0) is 40.5 Å². The molecule has 3 aliphatic rings. The number of non-ortho nitro benzene ring substituents is 1. The number of nitro groups is 1. The SMILES string of the molecule is [N-]=[N+]=N[C@H]1C[C@@H](N=[N+]=[N-])[C@H](O)[C@@H](OC2C[C@H](CO)[C@@H](OC3O[C@@H](N=[N+]=[N-])[C@@H](O)[C@H](O)[C@H]3N=[N+]=[N-])[C@H]2O)[C@@H]1OCc1cccc([N+](=O)[O-])c1. The van der Waals surface area contributed by atoms with Crippen LogP contribution in [0.25, 0.3) is 41.8 Å². The molecule has 24 nitrogen and oxygen atoms in total. The Labute approximate surface area is 269 Å². The predicted octanol–water partition coefficient (Wildman–Crippen LogP) is 1.51. The van der Waals surface area contributed by atoms with E-state index in [4.69, 9.17) is 35.5 Å². The van der Waals surface area contributed by atoms with Crippen LogP contribution in [0.5, 0.6) is 0 Å². The minimum atomic E-state index is -1.81. The summed E-state index contributed by atoms with van der Waals surface area (Å²) in [6.45, 7) is -0.852. The van der Waals surface area contributed by atoms with Gasteiger partial charge in [-0.2, -0.15) is 0 Å². The van der Waals surface area contributed by atoms with Gasteiger partial charge in [0.15, 0.2) is 12.5 Å². The van der Waals surface area contributed by atoms with Gasteiger partial charge in [-0.25, -0.2) is 0 Å². The molecule has 258 valence electrons. The van der Waals surface area contributed by atoms with E-state index in [-0.39, 0.29) is 25.1 Å². The summed E-state index contributed by atoms with van der Waals surface area (Å²) in [7, 11) is 0. The van der Waals surface area contributed by atoms with Gasteiger partial charge in [0.05, 0.1) is 54.1 Å². The van der Waals surface area contributed by atoms with Crippen LogP contribution in [0.1, 0.15) is 18.4 Å². The van der Waals surface area contributed by atoms with E-state index in [0.29, 0.717) is 5.56 Å². The van der Waals surface area contributed by atoms with Crippen LogP contribution in [0.3, 0.4) is 0 Å². The van der Waals surface area contributed by atoms with Crippen LogP contribution in [-0.4, -0.2) is 117 Å². The molecule has 14 atom stereocenters. The Morgan fingerprint density at radius 2 is 1.54 bits per heavy atom. The third-order valence-corrected chi connectivity index (χ3v) is 8.35. The average molecular weight is 678 g/mol. The molecule has 1 aliphatic heterocycles. The largest absolute Gasteiger partial charge is 0.396 e. The summed E-state index contributed by atoms with van der Waals surface area (Å²) in [6, 6.07) is 1.68. The molecule has 5 N–H and O–H groups in total. The molecule has 1 aromatic carbocycles. The molecule has 3 fully saturated rings. The van der Waals surface area contributed by atoms with E-state index in [1.54, 1.807) is 6.07 Å². The van der Waals surface area contributed by atoms with Gasteiger partial charge in [0.25, 0.3) is 5.69 Å². The molecule has 4 rings (SSSR count). The van der Waals surface area contributed by atoms with E-state index in [9.17, 15) is 41.2 Å². The van der Waals surface area contributed by atoms with Crippen molar-refractivity contribution in [3.05, 3.63) is 81.7 Å². The lowest BCUT2D eigenvalue weighted by Crippen LogP contribution is -2.59. The molecule has 2 aliphatic carbocycles. The Morgan fingerprint density at radius 3 is 2.19 bits per heavy atom. The molecule has 0 radical (unpaired) electrons. The highest BCUT2D eigenvalue weighted by Crippen LogP contribution is 2.38. The van der Waals surface area contributed by atoms with E-state index in [2.05, 4.69) is 40.1 Å². The first kappa shape index (κ1) is 36.3. The Morgan fingerprint density at radius 1 is 0.854 bits per heavy atom. The average Bonchev–Trinajstić information content (AvgIpc) is 3.37. The predicted molar refractivity (Wildman–Crippen MR) is 156 cm³/mol. The minimum absolute atomic E-state index is 0.120. The van der Waals surface area contributed by atoms with Crippen molar-refractivity contribution in [2.75, 3.05) is 6.61 Å². The monoisotopic (exact) mass is 677 g/mol. The van der Waals surface area contributed by atoms with Gasteiger partial charge in [0, 0.05) is 44.3 Å². The third-order valence-electron chi connectivity index (χ3n) is 8.35. The van der Waals surface area contributed by atoms with Crippen molar-refractivity contribution in [1.29, 1.82) is 0 Å². The van der Waals surface area contributed by atoms with E-state index >= 15 is 0 Å². The van der Waals surface area contributed by atoms with E-state index in [1.165, 1.54) is 18.2 Å². The van der Waals surface area contributed by atoms with Crippen molar-refractivity contribution in [2.24, 2.45) is 26.4 Å². The van der Waals surface area contributed by atoms with E-state index < -0.39 is 96.9 Å². The van der Waals surface area contributed by atoms with Gasteiger partial charge in [-0.15, -0.1) is 0 Å². The van der Waals surface area contributed by atoms with Crippen molar-refractivity contribution in [3.8, 4) is 0 Å². The summed E-state index contributed by atoms with van der Waals surface area (Å²) in [6.07, 6.45) is -15.7. The van der Waals surface area contributed by atoms with Crippen LogP contribution in [0.15, 0.2) is 44.7 Å². The van der Waals surface area contributed by atoms with Crippen molar-refractivity contribution in [2.45, 2.75) is 98.9 Å². The second kappa shape index (κ2) is 16.6. The maximum atomic E-state index is 11.4. The summed E-state index contributed by atoms with van der Waals surface area (Å²) in [5, 5.41) is 78.7. The zero-order chi connectivity index (χ0) is 35.0. The van der Waals surface area contributed by atoms with Crippen molar-refractivity contribution < 1.29 is 49.4 Å². The highest BCUT2D eigenvalue weighted by molar-refractivity contribution is 5.33. The molecule has 0 aromatic heterocycles.